The molecule has 0 amide bonds. The van der Waals surface area contributed by atoms with Crippen LogP contribution in [0.1, 0.15) is 139 Å². The number of fused-ring (bicyclic) bond motifs is 6. The molecule has 2 atom stereocenters. The average Bonchev–Trinajstić information content (AvgIpc) is 1.44. The third-order valence-corrected chi connectivity index (χ3v) is 17.1. The van der Waals surface area contributed by atoms with Crippen LogP contribution in [-0.4, -0.2) is 80.4 Å². The number of carbonyl (C=O) groups excluding carboxylic acids is 3. The van der Waals surface area contributed by atoms with Crippen molar-refractivity contribution in [3.05, 3.63) is 172 Å². The first-order chi connectivity index (χ1) is 41.0. The van der Waals surface area contributed by atoms with Crippen LogP contribution in [-0.2, 0) is 39.3 Å². The van der Waals surface area contributed by atoms with Crippen LogP contribution >= 0.6 is 20.7 Å². The van der Waals surface area contributed by atoms with Crippen LogP contribution < -0.4 is 34.3 Å². The summed E-state index contributed by atoms with van der Waals surface area (Å²) in [4.78, 5) is 40.1. The Labute approximate surface area is 512 Å². The Morgan fingerprint density at radius 1 is 0.674 bits per heavy atom. The predicted molar refractivity (Wildman–Crippen MR) is 336 cm³/mol. The van der Waals surface area contributed by atoms with E-state index in [9.17, 15) is 19.6 Å². The number of nitrogens with zero attached hydrogens (tertiary/aromatic N) is 2. The summed E-state index contributed by atoms with van der Waals surface area (Å²) in [5.74, 6) is 0.891. The molecule has 2 heterocycles. The summed E-state index contributed by atoms with van der Waals surface area (Å²) < 4.78 is 58.7. The molecular weight excluding hydrogens is 1130 g/mol. The molecule has 0 radical (unpaired) electrons. The Balaban J connectivity index is 1.03. The molecule has 1 spiro atoms. The van der Waals surface area contributed by atoms with Gasteiger partial charge in [0.05, 0.1) is 62.9 Å². The summed E-state index contributed by atoms with van der Waals surface area (Å²) in [7, 11) is 1.76. The molecule has 18 heteroatoms. The smallest absolute Gasteiger partial charge is 0.340 e. The molecule has 2 unspecified atom stereocenters. The number of carbonyl (C=O) groups is 3. The number of ether oxygens (including phenoxy) is 7. The van der Waals surface area contributed by atoms with Crippen molar-refractivity contribution in [2.75, 3.05) is 45.9 Å². The van der Waals surface area contributed by atoms with Crippen LogP contribution in [0.4, 0.5) is 5.69 Å². The molecule has 8 rings (SSSR count). The number of nitriles is 1. The van der Waals surface area contributed by atoms with E-state index in [0.717, 1.165) is 47.5 Å². The van der Waals surface area contributed by atoms with Gasteiger partial charge in [0, 0.05) is 59.1 Å². The minimum absolute atomic E-state index is 0.115. The van der Waals surface area contributed by atoms with Gasteiger partial charge >= 0.3 is 17.9 Å². The number of thiocarbonyl (C=S) groups is 1. The van der Waals surface area contributed by atoms with Crippen molar-refractivity contribution in [2.24, 2.45) is 16.7 Å². The number of hydrogen-bond donors (Lipinski definition) is 2. The Morgan fingerprint density at radius 3 is 1.72 bits per heavy atom. The maximum absolute atomic E-state index is 14.0. The summed E-state index contributed by atoms with van der Waals surface area (Å²) >= 11 is 5.93. The first-order valence-corrected chi connectivity index (χ1v) is 30.6. The van der Waals surface area contributed by atoms with Gasteiger partial charge in [0.1, 0.15) is 40.1 Å². The fraction of sp³-hybridized carbons (Fsp3) is 0.397. The highest BCUT2D eigenvalue weighted by Gasteiger charge is 2.54. The number of hydrogen-bond acceptors (Lipinski definition) is 15. The molecule has 0 fully saturated rings. The van der Waals surface area contributed by atoms with Gasteiger partial charge in [-0.3, -0.25) is 9.59 Å². The van der Waals surface area contributed by atoms with E-state index in [-0.39, 0.29) is 54.0 Å². The van der Waals surface area contributed by atoms with Gasteiger partial charge in [-0.15, -0.1) is 0 Å². The van der Waals surface area contributed by atoms with Crippen molar-refractivity contribution >= 4 is 49.5 Å². The lowest BCUT2D eigenvalue weighted by molar-refractivity contribution is -0.143. The minimum atomic E-state index is -1.54. The lowest BCUT2D eigenvalue weighted by atomic mass is 9.77. The number of esters is 3. The summed E-state index contributed by atoms with van der Waals surface area (Å²) in [6.45, 7) is 20.5. The van der Waals surface area contributed by atoms with Gasteiger partial charge in [0.2, 0.25) is 0 Å². The van der Waals surface area contributed by atoms with E-state index in [0.29, 0.717) is 52.8 Å². The first kappa shape index (κ1) is 64.6. The number of unbranched alkanes of at least 4 members (excludes halogenated alkanes) is 1. The molecular formula is C68H79N4O12PS. The normalized spacial score (nSPS) is 14.0. The molecule has 0 saturated heterocycles. The molecule has 0 aliphatic carbocycles. The van der Waals surface area contributed by atoms with Crippen molar-refractivity contribution in [1.82, 2.24) is 9.99 Å². The summed E-state index contributed by atoms with van der Waals surface area (Å²) in [5.41, 5.74) is 1.04. The van der Waals surface area contributed by atoms with Gasteiger partial charge in [-0.1, -0.05) is 61.0 Å². The molecule has 86 heavy (non-hydrogen) atoms. The zero-order valence-corrected chi connectivity index (χ0v) is 53.0. The van der Waals surface area contributed by atoms with Crippen molar-refractivity contribution in [2.45, 2.75) is 118 Å². The van der Waals surface area contributed by atoms with Crippen molar-refractivity contribution in [3.63, 3.8) is 0 Å². The fourth-order valence-corrected chi connectivity index (χ4v) is 12.3. The lowest BCUT2D eigenvalue weighted by Crippen LogP contribution is -2.36. The van der Waals surface area contributed by atoms with Gasteiger partial charge in [0.25, 0.3) is 8.53 Å². The highest BCUT2D eigenvalue weighted by molar-refractivity contribution is 7.80. The Morgan fingerprint density at radius 2 is 1.21 bits per heavy atom. The second-order valence-corrected chi connectivity index (χ2v) is 25.8. The molecule has 0 saturated carbocycles. The van der Waals surface area contributed by atoms with Gasteiger partial charge < -0.3 is 52.8 Å². The second-order valence-electron chi connectivity index (χ2n) is 23.9. The van der Waals surface area contributed by atoms with Gasteiger partial charge in [-0.2, -0.15) is 5.26 Å². The fourth-order valence-electron chi connectivity index (χ4n) is 10.4. The van der Waals surface area contributed by atoms with Crippen LogP contribution in [0.2, 0.25) is 0 Å². The van der Waals surface area contributed by atoms with Crippen molar-refractivity contribution < 1.29 is 56.6 Å². The Hall–Kier alpha value is -7.42. The van der Waals surface area contributed by atoms with E-state index >= 15 is 0 Å². The third kappa shape index (κ3) is 14.7. The van der Waals surface area contributed by atoms with Crippen molar-refractivity contribution in [1.29, 1.82) is 5.26 Å². The number of methoxy groups -OCH3 is 2. The topological polar surface area (TPSA) is 185 Å². The zero-order chi connectivity index (χ0) is 62.0. The molecule has 16 nitrogen and oxygen atoms in total. The monoisotopic (exact) mass is 1210 g/mol. The highest BCUT2D eigenvalue weighted by atomic mass is 32.1. The lowest BCUT2D eigenvalue weighted by Gasteiger charge is -2.38. The van der Waals surface area contributed by atoms with E-state index in [2.05, 4.69) is 61.2 Å². The first-order valence-electron chi connectivity index (χ1n) is 29.1. The Bertz CT molecular complexity index is 3260. The van der Waals surface area contributed by atoms with E-state index in [1.807, 2.05) is 72.8 Å². The SMILES string of the molecule is COc1ccc(C(OCC(CCCCNC(=S)Nc2ccc3c(c2)C2(OC3=O)c3ccc(OC(=O)C(C)(C)C)cc3Oc3cc(OC(=O)C(C)(C)C)ccc32)COP(OCCC#N)N(C(C)C)C(C)C)(c2ccccc2)c2ccc(OC)cc2)cc1. The quantitative estimate of drug-likeness (QED) is 0.0138. The summed E-state index contributed by atoms with van der Waals surface area (Å²) in [6.07, 6.45) is 2.47. The van der Waals surface area contributed by atoms with Crippen LogP contribution in [0.25, 0.3) is 0 Å². The van der Waals surface area contributed by atoms with Crippen LogP contribution in [0, 0.1) is 28.1 Å². The number of anilines is 1. The number of benzene rings is 6. The minimum Gasteiger partial charge on any atom is -0.497 e. The maximum Gasteiger partial charge on any atom is 0.340 e. The highest BCUT2D eigenvalue weighted by Crippen LogP contribution is 2.58. The van der Waals surface area contributed by atoms with E-state index < -0.39 is 48.5 Å². The molecule has 454 valence electrons. The molecule has 2 N–H and O–H groups in total. The van der Waals surface area contributed by atoms with Crippen LogP contribution in [0.5, 0.6) is 34.5 Å². The largest absolute Gasteiger partial charge is 0.497 e. The molecule has 6 aromatic rings. The Kier molecular flexibility index (Phi) is 21.0. The van der Waals surface area contributed by atoms with Gasteiger partial charge in [-0.05, 0) is 178 Å². The maximum atomic E-state index is 14.0. The molecule has 0 bridgehead atoms. The predicted octanol–water partition coefficient (Wildman–Crippen LogP) is 14.5. The van der Waals surface area contributed by atoms with Gasteiger partial charge in [0.15, 0.2) is 10.7 Å². The second kappa shape index (κ2) is 28.0. The number of nitrogens with one attached hydrogen (secondary N) is 2. The standard InChI is InChI=1S/C68H79N4O12PS/c1-44(2)72(45(3)4)85(79-38-18-36-69)80-43-46(42-78-67(47-20-14-13-15-21-47,48-22-27-51(76-11)28-23-48)49-24-29-52(77-12)30-25-49)19-16-17-37-70-64(86)71-50-26-33-55-58(39-50)68(84-61(55)73)56-34-31-53(81-62(74)65(5,6)7)40-59(56)83-60-41-54(32-35-57(60)68)82-63(75)66(8,9)10/h13-15,20-35,39-41,44-46H,16-19,37-38,42-43H2,1-12H3,(H2,70,71,86). The van der Waals surface area contributed by atoms with Crippen LogP contribution in [0.3, 0.4) is 0 Å². The van der Waals surface area contributed by atoms with E-state index in [1.165, 1.54) is 0 Å². The summed E-state index contributed by atoms with van der Waals surface area (Å²) in [6, 6.07) is 43.8. The number of rotatable bonds is 25. The molecule has 6 aromatic carbocycles. The van der Waals surface area contributed by atoms with Crippen LogP contribution in [0.15, 0.2) is 133 Å². The molecule has 2 aliphatic heterocycles. The van der Waals surface area contributed by atoms with Crippen molar-refractivity contribution in [3.8, 4) is 40.6 Å². The van der Waals surface area contributed by atoms with E-state index in [1.54, 1.807) is 104 Å². The average molecular weight is 1210 g/mol. The molecule has 0 aromatic heterocycles. The van der Waals surface area contributed by atoms with Gasteiger partial charge in [-0.25, -0.2) is 9.46 Å². The van der Waals surface area contributed by atoms with E-state index in [4.69, 9.17) is 54.4 Å². The third-order valence-electron chi connectivity index (χ3n) is 14.8. The zero-order valence-electron chi connectivity index (χ0n) is 51.2. The molecule has 2 aliphatic rings. The summed E-state index contributed by atoms with van der Waals surface area (Å²) in [5, 5.41) is 16.6.